The third kappa shape index (κ3) is 3.18. The van der Waals surface area contributed by atoms with Crippen LogP contribution in [0, 0.1) is 0 Å². The van der Waals surface area contributed by atoms with Gasteiger partial charge < -0.3 is 9.94 Å². The highest BCUT2D eigenvalue weighted by molar-refractivity contribution is 5.89. The molecule has 0 saturated heterocycles. The Morgan fingerprint density at radius 2 is 1.72 bits per heavy atom. The summed E-state index contributed by atoms with van der Waals surface area (Å²) in [5, 5.41) is 12.6. The molecule has 0 aliphatic carbocycles. The predicted molar refractivity (Wildman–Crippen MR) is 68.1 cm³/mol. The van der Waals surface area contributed by atoms with E-state index in [0.717, 1.165) is 5.56 Å². The largest absolute Gasteiger partial charge is 0.478 e. The van der Waals surface area contributed by atoms with Gasteiger partial charge in [-0.2, -0.15) is 0 Å². The Bertz CT molecular complexity index is 547. The summed E-state index contributed by atoms with van der Waals surface area (Å²) in [7, 11) is 0. The van der Waals surface area contributed by atoms with Crippen LogP contribution in [0.3, 0.4) is 0 Å². The van der Waals surface area contributed by atoms with Crippen molar-refractivity contribution in [2.24, 2.45) is 5.16 Å². The first-order valence-electron chi connectivity index (χ1n) is 5.34. The Morgan fingerprint density at radius 3 is 2.33 bits per heavy atom. The highest BCUT2D eigenvalue weighted by Gasteiger charge is 2.00. The molecule has 0 saturated carbocycles. The number of nitrogens with zero attached hydrogens (tertiary/aromatic N) is 1. The molecule has 0 radical (unpaired) electrons. The first-order chi connectivity index (χ1) is 8.75. The molecule has 2 aromatic carbocycles. The van der Waals surface area contributed by atoms with Gasteiger partial charge in [-0.1, -0.05) is 35.5 Å². The van der Waals surface area contributed by atoms with Crippen molar-refractivity contribution < 1.29 is 14.7 Å². The number of carboxylic acid groups (broad SMARTS) is 1. The zero-order valence-electron chi connectivity index (χ0n) is 9.48. The lowest BCUT2D eigenvalue weighted by atomic mass is 10.1. The number of hydrogen-bond acceptors (Lipinski definition) is 3. The normalized spacial score (nSPS) is 10.4. The number of para-hydroxylation sites is 1. The molecule has 4 nitrogen and oxygen atoms in total. The summed E-state index contributed by atoms with van der Waals surface area (Å²) in [6.07, 6.45) is 1.53. The van der Waals surface area contributed by atoms with E-state index in [2.05, 4.69) is 5.16 Å². The smallest absolute Gasteiger partial charge is 0.335 e. The molecule has 0 unspecified atom stereocenters. The Kier molecular flexibility index (Phi) is 3.71. The van der Waals surface area contributed by atoms with Gasteiger partial charge >= 0.3 is 5.97 Å². The van der Waals surface area contributed by atoms with Gasteiger partial charge in [0.2, 0.25) is 0 Å². The minimum absolute atomic E-state index is 0.246. The van der Waals surface area contributed by atoms with Crippen molar-refractivity contribution in [1.82, 2.24) is 0 Å². The minimum atomic E-state index is -0.945. The van der Waals surface area contributed by atoms with E-state index in [9.17, 15) is 4.79 Å². The zero-order valence-corrected chi connectivity index (χ0v) is 9.48. The fraction of sp³-hybridized carbons (Fsp3) is 0. The van der Waals surface area contributed by atoms with Crippen molar-refractivity contribution in [3.63, 3.8) is 0 Å². The summed E-state index contributed by atoms with van der Waals surface area (Å²) in [5.41, 5.74) is 1.02. The molecule has 0 amide bonds. The maximum absolute atomic E-state index is 10.7. The van der Waals surface area contributed by atoms with E-state index in [1.54, 1.807) is 24.3 Å². The molecule has 0 aliphatic rings. The summed E-state index contributed by atoms with van der Waals surface area (Å²) >= 11 is 0. The highest BCUT2D eigenvalue weighted by Crippen LogP contribution is 2.08. The fourth-order valence-electron chi connectivity index (χ4n) is 1.34. The van der Waals surface area contributed by atoms with Gasteiger partial charge in [-0.25, -0.2) is 4.79 Å². The molecule has 0 aromatic heterocycles. The molecule has 2 aromatic rings. The van der Waals surface area contributed by atoms with Crippen LogP contribution < -0.4 is 4.84 Å². The van der Waals surface area contributed by atoms with Gasteiger partial charge in [0.1, 0.15) is 0 Å². The van der Waals surface area contributed by atoms with Crippen LogP contribution in [0.4, 0.5) is 0 Å². The summed E-state index contributed by atoms with van der Waals surface area (Å²) < 4.78 is 0. The van der Waals surface area contributed by atoms with E-state index in [0.29, 0.717) is 5.75 Å². The first-order valence-corrected chi connectivity index (χ1v) is 5.34. The summed E-state index contributed by atoms with van der Waals surface area (Å²) in [6, 6.07) is 15.6. The fourth-order valence-corrected chi connectivity index (χ4v) is 1.34. The van der Waals surface area contributed by atoms with E-state index >= 15 is 0 Å². The highest BCUT2D eigenvalue weighted by atomic mass is 16.6. The van der Waals surface area contributed by atoms with Gasteiger partial charge in [-0.3, -0.25) is 0 Å². The van der Waals surface area contributed by atoms with Gasteiger partial charge in [0, 0.05) is 0 Å². The SMILES string of the molecule is O=C(O)c1ccc(/C=N\Oc2ccccc2)cc1. The standard InChI is InChI=1S/C14H11NO3/c16-14(17)12-8-6-11(7-9-12)10-15-18-13-4-2-1-3-5-13/h1-10H,(H,16,17)/b15-10-. The average Bonchev–Trinajstić information content (AvgIpc) is 2.40. The van der Waals surface area contributed by atoms with Crippen molar-refractivity contribution in [1.29, 1.82) is 0 Å². The molecular weight excluding hydrogens is 230 g/mol. The predicted octanol–water partition coefficient (Wildman–Crippen LogP) is 2.80. The maximum Gasteiger partial charge on any atom is 0.335 e. The van der Waals surface area contributed by atoms with Crippen molar-refractivity contribution >= 4 is 12.2 Å². The Balaban J connectivity index is 1.99. The summed E-state index contributed by atoms with van der Waals surface area (Å²) in [4.78, 5) is 15.8. The monoisotopic (exact) mass is 241 g/mol. The van der Waals surface area contributed by atoms with Crippen LogP contribution in [0.5, 0.6) is 5.75 Å². The van der Waals surface area contributed by atoms with Crippen LogP contribution in [0.15, 0.2) is 59.8 Å². The third-order valence-electron chi connectivity index (χ3n) is 2.26. The van der Waals surface area contributed by atoms with Gasteiger partial charge in [-0.15, -0.1) is 0 Å². The van der Waals surface area contributed by atoms with Crippen molar-refractivity contribution in [3.8, 4) is 5.75 Å². The van der Waals surface area contributed by atoms with Crippen LogP contribution in [-0.2, 0) is 0 Å². The minimum Gasteiger partial charge on any atom is -0.478 e. The molecule has 18 heavy (non-hydrogen) atoms. The van der Waals surface area contributed by atoms with E-state index in [4.69, 9.17) is 9.94 Å². The maximum atomic E-state index is 10.7. The van der Waals surface area contributed by atoms with Crippen LogP contribution in [0.1, 0.15) is 15.9 Å². The zero-order chi connectivity index (χ0) is 12.8. The summed E-state index contributed by atoms with van der Waals surface area (Å²) in [6.45, 7) is 0. The lowest BCUT2D eigenvalue weighted by Gasteiger charge is -1.97. The number of carboxylic acids is 1. The van der Waals surface area contributed by atoms with Gasteiger partial charge in [0.15, 0.2) is 5.75 Å². The van der Waals surface area contributed by atoms with Crippen LogP contribution in [0.25, 0.3) is 0 Å². The van der Waals surface area contributed by atoms with E-state index in [-0.39, 0.29) is 5.56 Å². The molecular formula is C14H11NO3. The van der Waals surface area contributed by atoms with Crippen molar-refractivity contribution in [2.75, 3.05) is 0 Å². The second-order valence-corrected chi connectivity index (χ2v) is 3.57. The molecule has 0 bridgehead atoms. The number of hydrogen-bond donors (Lipinski definition) is 1. The molecule has 0 aliphatic heterocycles. The number of aromatic carboxylic acids is 1. The lowest BCUT2D eigenvalue weighted by molar-refractivity contribution is 0.0697. The van der Waals surface area contributed by atoms with Crippen LogP contribution in [-0.4, -0.2) is 17.3 Å². The number of carbonyl (C=O) groups is 1. The van der Waals surface area contributed by atoms with E-state index < -0.39 is 5.97 Å². The summed E-state index contributed by atoms with van der Waals surface area (Å²) in [5.74, 6) is -0.296. The van der Waals surface area contributed by atoms with Gasteiger partial charge in [0.05, 0.1) is 11.8 Å². The first kappa shape index (κ1) is 11.9. The molecule has 0 spiro atoms. The molecule has 1 N–H and O–H groups in total. The quantitative estimate of drug-likeness (QED) is 0.661. The second-order valence-electron chi connectivity index (χ2n) is 3.57. The number of benzene rings is 2. The van der Waals surface area contributed by atoms with Gasteiger partial charge in [-0.05, 0) is 29.8 Å². The topological polar surface area (TPSA) is 58.9 Å². The molecule has 0 fully saturated rings. The Morgan fingerprint density at radius 1 is 1.06 bits per heavy atom. The molecule has 0 atom stereocenters. The Hall–Kier alpha value is -2.62. The van der Waals surface area contributed by atoms with Crippen LogP contribution in [0.2, 0.25) is 0 Å². The van der Waals surface area contributed by atoms with Gasteiger partial charge in [0.25, 0.3) is 0 Å². The molecule has 2 rings (SSSR count). The van der Waals surface area contributed by atoms with E-state index in [1.165, 1.54) is 18.3 Å². The molecule has 4 heteroatoms. The average molecular weight is 241 g/mol. The van der Waals surface area contributed by atoms with Crippen LogP contribution >= 0.6 is 0 Å². The Labute approximate surface area is 104 Å². The van der Waals surface area contributed by atoms with Crippen molar-refractivity contribution in [2.45, 2.75) is 0 Å². The molecule has 0 heterocycles. The third-order valence-corrected chi connectivity index (χ3v) is 2.26. The second kappa shape index (κ2) is 5.63. The number of oxime groups is 1. The number of rotatable bonds is 4. The lowest BCUT2D eigenvalue weighted by Crippen LogP contribution is -1.95. The van der Waals surface area contributed by atoms with Crippen molar-refractivity contribution in [3.05, 3.63) is 65.7 Å². The van der Waals surface area contributed by atoms with E-state index in [1.807, 2.05) is 18.2 Å². The molecule has 90 valence electrons.